The van der Waals surface area contributed by atoms with Gasteiger partial charge in [0.2, 0.25) is 0 Å². The van der Waals surface area contributed by atoms with E-state index >= 15 is 0 Å². The normalized spacial score (nSPS) is 11.2. The maximum atomic E-state index is 4.11. The number of benzene rings is 5. The molecule has 0 spiro atoms. The van der Waals surface area contributed by atoms with Gasteiger partial charge >= 0.3 is 0 Å². The van der Waals surface area contributed by atoms with E-state index in [2.05, 4.69) is 124 Å². The summed E-state index contributed by atoms with van der Waals surface area (Å²) in [5.74, 6) is 0. The van der Waals surface area contributed by atoms with Crippen LogP contribution >= 0.6 is 0 Å². The third kappa shape index (κ3) is 3.84. The van der Waals surface area contributed by atoms with Crippen LogP contribution in [0.25, 0.3) is 68.1 Å². The summed E-state index contributed by atoms with van der Waals surface area (Å²) in [6.45, 7) is 14.3. The number of hydrogen-bond acceptors (Lipinski definition) is 0. The second kappa shape index (κ2) is 9.44. The number of hydrogen-bond donors (Lipinski definition) is 0. The molecule has 0 aliphatic carbocycles. The van der Waals surface area contributed by atoms with Crippen molar-refractivity contribution >= 4 is 45.8 Å². The van der Waals surface area contributed by atoms with Gasteiger partial charge in [-0.1, -0.05) is 123 Å². The molecule has 168 valence electrons. The second-order valence-corrected chi connectivity index (χ2v) is 8.64. The van der Waals surface area contributed by atoms with Crippen molar-refractivity contribution in [3.63, 3.8) is 0 Å². The first-order chi connectivity index (χ1) is 17.2. The van der Waals surface area contributed by atoms with Crippen LogP contribution in [0.4, 0.5) is 0 Å². The first-order valence-corrected chi connectivity index (χ1v) is 11.9. The van der Waals surface area contributed by atoms with Gasteiger partial charge in [-0.3, -0.25) is 0 Å². The van der Waals surface area contributed by atoms with Crippen molar-refractivity contribution in [3.05, 3.63) is 133 Å². The smallest absolute Gasteiger partial charge is 0.00270 e. The van der Waals surface area contributed by atoms with Gasteiger partial charge in [0.1, 0.15) is 0 Å². The Bertz CT molecular complexity index is 1630. The minimum Gasteiger partial charge on any atom is -0.0984 e. The Morgan fingerprint density at radius 1 is 0.571 bits per heavy atom. The molecule has 0 radical (unpaired) electrons. The highest BCUT2D eigenvalue weighted by atomic mass is 14.2. The van der Waals surface area contributed by atoms with Gasteiger partial charge < -0.3 is 0 Å². The summed E-state index contributed by atoms with van der Waals surface area (Å²) in [4.78, 5) is 0. The Morgan fingerprint density at radius 3 is 1.86 bits per heavy atom. The van der Waals surface area contributed by atoms with E-state index in [0.717, 1.165) is 11.1 Å². The van der Waals surface area contributed by atoms with Crippen LogP contribution in [-0.2, 0) is 0 Å². The molecule has 0 unspecified atom stereocenters. The molecule has 0 fully saturated rings. The highest BCUT2D eigenvalue weighted by molar-refractivity contribution is 6.05. The van der Waals surface area contributed by atoms with Crippen molar-refractivity contribution in [3.8, 4) is 22.3 Å². The fourth-order valence-corrected chi connectivity index (χ4v) is 5.10. The molecule has 0 amide bonds. The molecule has 0 atom stereocenters. The molecule has 0 heterocycles. The van der Waals surface area contributed by atoms with Crippen molar-refractivity contribution in [2.75, 3.05) is 0 Å². The van der Waals surface area contributed by atoms with Gasteiger partial charge in [-0.2, -0.15) is 0 Å². The van der Waals surface area contributed by atoms with E-state index < -0.39 is 0 Å². The third-order valence-corrected chi connectivity index (χ3v) is 6.70. The lowest BCUT2D eigenvalue weighted by Crippen LogP contribution is -1.92. The summed E-state index contributed by atoms with van der Waals surface area (Å²) in [5, 5.41) is 4.87. The second-order valence-electron chi connectivity index (χ2n) is 8.64. The quantitative estimate of drug-likeness (QED) is 0.242. The summed E-state index contributed by atoms with van der Waals surface area (Å²) >= 11 is 0. The van der Waals surface area contributed by atoms with Gasteiger partial charge in [0.15, 0.2) is 0 Å². The van der Waals surface area contributed by atoms with Crippen molar-refractivity contribution in [2.45, 2.75) is 6.92 Å². The molecule has 0 aliphatic heterocycles. The molecule has 0 saturated heterocycles. The maximum Gasteiger partial charge on any atom is -0.00270 e. The van der Waals surface area contributed by atoms with Crippen LogP contribution in [0.15, 0.2) is 111 Å². The molecule has 0 heteroatoms. The van der Waals surface area contributed by atoms with Crippen LogP contribution in [0, 0.1) is 0 Å². The molecule has 5 aromatic carbocycles. The van der Waals surface area contributed by atoms with Gasteiger partial charge in [0.05, 0.1) is 0 Å². The molecule has 0 N–H and O–H groups in total. The lowest BCUT2D eigenvalue weighted by Gasteiger charge is -2.16. The molecule has 5 rings (SSSR count). The first-order valence-electron chi connectivity index (χ1n) is 11.9. The summed E-state index contributed by atoms with van der Waals surface area (Å²) in [5.41, 5.74) is 9.34. The van der Waals surface area contributed by atoms with E-state index in [9.17, 15) is 0 Å². The van der Waals surface area contributed by atoms with Gasteiger partial charge in [-0.05, 0) is 85.1 Å². The molecular formula is C35H28. The van der Waals surface area contributed by atoms with Crippen LogP contribution < -0.4 is 0 Å². The molecule has 0 nitrogen and oxygen atoms in total. The minimum absolute atomic E-state index is 1.10. The zero-order valence-electron chi connectivity index (χ0n) is 20.1. The Labute approximate surface area is 207 Å². The Kier molecular flexibility index (Phi) is 6.04. The monoisotopic (exact) mass is 448 g/mol. The van der Waals surface area contributed by atoms with E-state index in [1.54, 1.807) is 0 Å². The summed E-state index contributed by atoms with van der Waals surface area (Å²) in [6, 6.07) is 30.5. The van der Waals surface area contributed by atoms with Crippen molar-refractivity contribution in [1.82, 2.24) is 0 Å². The Morgan fingerprint density at radius 2 is 1.20 bits per heavy atom. The van der Waals surface area contributed by atoms with Gasteiger partial charge in [-0.25, -0.2) is 0 Å². The molecule has 0 aliphatic rings. The summed E-state index contributed by atoms with van der Waals surface area (Å²) in [6.07, 6.45) is 10.1. The lowest BCUT2D eigenvalue weighted by atomic mass is 9.87. The van der Waals surface area contributed by atoms with Crippen LogP contribution in [0.5, 0.6) is 0 Å². The predicted octanol–water partition coefficient (Wildman–Crippen LogP) is 10.3. The van der Waals surface area contributed by atoms with Crippen LogP contribution in [0.2, 0.25) is 0 Å². The lowest BCUT2D eigenvalue weighted by molar-refractivity contribution is 1.58. The van der Waals surface area contributed by atoms with Crippen molar-refractivity contribution < 1.29 is 0 Å². The van der Waals surface area contributed by atoms with E-state index in [1.165, 1.54) is 54.9 Å². The topological polar surface area (TPSA) is 0 Å². The molecule has 5 aromatic rings. The van der Waals surface area contributed by atoms with Gasteiger partial charge in [-0.15, -0.1) is 0 Å². The maximum absolute atomic E-state index is 4.11. The van der Waals surface area contributed by atoms with Gasteiger partial charge in [0, 0.05) is 0 Å². The van der Waals surface area contributed by atoms with Gasteiger partial charge in [0.25, 0.3) is 0 Å². The zero-order chi connectivity index (χ0) is 24.4. The molecule has 35 heavy (non-hydrogen) atoms. The average molecular weight is 449 g/mol. The summed E-state index contributed by atoms with van der Waals surface area (Å²) < 4.78 is 0. The zero-order valence-corrected chi connectivity index (χ0v) is 20.1. The van der Waals surface area contributed by atoms with Crippen LogP contribution in [0.3, 0.4) is 0 Å². The van der Waals surface area contributed by atoms with E-state index in [0.29, 0.717) is 0 Å². The largest absolute Gasteiger partial charge is 0.0984 e. The third-order valence-electron chi connectivity index (χ3n) is 6.70. The number of fused-ring (bicyclic) bond motifs is 2. The molecule has 0 bridgehead atoms. The Hall–Kier alpha value is -4.42. The molecule has 0 saturated carbocycles. The average Bonchev–Trinajstić information content (AvgIpc) is 2.91. The number of rotatable bonds is 6. The highest BCUT2D eigenvalue weighted by Crippen LogP contribution is 2.39. The standard InChI is InChI=1S/C35H28/c1-5-13-27-23-34(33-17-12-11-16-32(33)29(27)7-3)25-18-20-26(21-19-25)35-30(8-4)24(6-2)22-28-14-9-10-15-31(28)35/h5-23H,2-4H2,1H3/b13-5-. The predicted molar refractivity (Wildman–Crippen MR) is 157 cm³/mol. The first kappa shape index (κ1) is 22.4. The molecular weight excluding hydrogens is 420 g/mol. The molecule has 0 aromatic heterocycles. The van der Waals surface area contributed by atoms with Crippen LogP contribution in [-0.4, -0.2) is 0 Å². The number of allylic oxidation sites excluding steroid dienone is 1. The Balaban J connectivity index is 1.73. The fraction of sp³-hybridized carbons (Fsp3) is 0.0286. The van der Waals surface area contributed by atoms with E-state index in [4.69, 9.17) is 0 Å². The van der Waals surface area contributed by atoms with E-state index in [-0.39, 0.29) is 0 Å². The summed E-state index contributed by atoms with van der Waals surface area (Å²) in [7, 11) is 0. The highest BCUT2D eigenvalue weighted by Gasteiger charge is 2.14. The van der Waals surface area contributed by atoms with Crippen LogP contribution in [0.1, 0.15) is 29.2 Å². The fourth-order valence-electron chi connectivity index (χ4n) is 5.10. The van der Waals surface area contributed by atoms with Crippen molar-refractivity contribution in [1.29, 1.82) is 0 Å². The minimum atomic E-state index is 1.10. The van der Waals surface area contributed by atoms with E-state index in [1.807, 2.05) is 18.2 Å². The van der Waals surface area contributed by atoms with Crippen molar-refractivity contribution in [2.24, 2.45) is 0 Å². The SMILES string of the molecule is C=Cc1cc2ccccc2c(-c2ccc(-c3cc(/C=C\C)c(C=C)c4ccccc34)cc2)c1C=C.